The van der Waals surface area contributed by atoms with Crippen LogP contribution in [0, 0.1) is 17.7 Å². The van der Waals surface area contributed by atoms with Gasteiger partial charge in [-0.05, 0) is 66.8 Å². The van der Waals surface area contributed by atoms with Crippen molar-refractivity contribution in [2.45, 2.75) is 39.8 Å². The summed E-state index contributed by atoms with van der Waals surface area (Å²) in [5, 5.41) is 13.4. The second kappa shape index (κ2) is 11.3. The molecule has 2 heterocycles. The van der Waals surface area contributed by atoms with E-state index in [2.05, 4.69) is 39.1 Å². The van der Waals surface area contributed by atoms with Gasteiger partial charge >= 0.3 is 5.97 Å². The lowest BCUT2D eigenvalue weighted by molar-refractivity contribution is -0.141. The van der Waals surface area contributed by atoms with Gasteiger partial charge in [-0.15, -0.1) is 0 Å². The number of halogens is 2. The molecule has 36 heavy (non-hydrogen) atoms. The van der Waals surface area contributed by atoms with Gasteiger partial charge in [-0.1, -0.05) is 30.3 Å². The zero-order chi connectivity index (χ0) is 25.7. The van der Waals surface area contributed by atoms with Gasteiger partial charge < -0.3 is 9.94 Å². The van der Waals surface area contributed by atoms with Crippen LogP contribution in [-0.2, 0) is 29.2 Å². The Balaban J connectivity index is 1.38. The Morgan fingerprint density at radius 1 is 1.17 bits per heavy atom. The number of hydrogen-bond acceptors (Lipinski definition) is 6. The molecule has 9 heteroatoms. The predicted molar refractivity (Wildman–Crippen MR) is 131 cm³/mol. The highest BCUT2D eigenvalue weighted by atomic mass is 19.1. The van der Waals surface area contributed by atoms with Gasteiger partial charge in [0.2, 0.25) is 5.95 Å². The van der Waals surface area contributed by atoms with Crippen molar-refractivity contribution >= 4 is 11.7 Å². The van der Waals surface area contributed by atoms with Gasteiger partial charge in [0.1, 0.15) is 12.4 Å². The summed E-state index contributed by atoms with van der Waals surface area (Å²) in [6.07, 6.45) is 3.66. The van der Waals surface area contributed by atoms with Crippen molar-refractivity contribution in [3.05, 3.63) is 82.8 Å². The van der Waals surface area contributed by atoms with Gasteiger partial charge in [-0.25, -0.2) is 14.4 Å². The van der Waals surface area contributed by atoms with Crippen molar-refractivity contribution < 1.29 is 23.5 Å². The minimum atomic E-state index is -0.726. The molecule has 1 saturated heterocycles. The van der Waals surface area contributed by atoms with Crippen LogP contribution in [0.4, 0.5) is 8.78 Å². The van der Waals surface area contributed by atoms with E-state index in [-0.39, 0.29) is 23.8 Å². The van der Waals surface area contributed by atoms with Crippen molar-refractivity contribution in [1.82, 2.24) is 14.9 Å². The maximum Gasteiger partial charge on any atom is 0.307 e. The first kappa shape index (κ1) is 25.4. The maximum absolute atomic E-state index is 14.5. The third kappa shape index (κ3) is 6.09. The van der Waals surface area contributed by atoms with E-state index in [9.17, 15) is 18.7 Å². The highest BCUT2D eigenvalue weighted by Gasteiger charge is 2.28. The molecule has 188 valence electrons. The van der Waals surface area contributed by atoms with E-state index in [4.69, 9.17) is 4.84 Å². The summed E-state index contributed by atoms with van der Waals surface area (Å²) in [7, 11) is 0. The molecule has 1 aliphatic heterocycles. The lowest BCUT2D eigenvalue weighted by Gasteiger charge is -2.18. The Kier molecular flexibility index (Phi) is 8.00. The maximum atomic E-state index is 14.5. The fraction of sp³-hybridized carbons (Fsp3) is 0.333. The van der Waals surface area contributed by atoms with Crippen LogP contribution in [0.25, 0.3) is 11.3 Å². The van der Waals surface area contributed by atoms with Gasteiger partial charge in [-0.3, -0.25) is 9.69 Å². The smallest absolute Gasteiger partial charge is 0.307 e. The monoisotopic (exact) mass is 494 g/mol. The fourth-order valence-corrected chi connectivity index (χ4v) is 4.32. The average Bonchev–Trinajstić information content (AvgIpc) is 3.34. The Hall–Kier alpha value is -3.72. The number of benzene rings is 2. The largest absolute Gasteiger partial charge is 0.481 e. The quantitative estimate of drug-likeness (QED) is 0.339. The van der Waals surface area contributed by atoms with E-state index in [1.807, 2.05) is 13.0 Å². The SMILES string of the molecule is CCc1cc(C(C)=NOCc2ccc(-c3cnc(F)cn3)c(F)c2)ccc1CN1CCC(C(=O)O)C1. The molecule has 1 N–H and O–H groups in total. The van der Waals surface area contributed by atoms with E-state index < -0.39 is 17.7 Å². The summed E-state index contributed by atoms with van der Waals surface area (Å²) in [4.78, 5) is 26.3. The number of nitrogens with zero attached hydrogens (tertiary/aromatic N) is 4. The molecule has 0 radical (unpaired) electrons. The summed E-state index contributed by atoms with van der Waals surface area (Å²) < 4.78 is 27.5. The molecule has 0 bridgehead atoms. The Labute approximate surface area is 208 Å². The first-order valence-corrected chi connectivity index (χ1v) is 11.8. The molecular formula is C27H28F2N4O3. The molecule has 1 unspecified atom stereocenters. The van der Waals surface area contributed by atoms with Gasteiger partial charge in [0.15, 0.2) is 0 Å². The van der Waals surface area contributed by atoms with Crippen LogP contribution in [-0.4, -0.2) is 44.7 Å². The minimum absolute atomic E-state index is 0.0854. The van der Waals surface area contributed by atoms with Gasteiger partial charge in [0.05, 0.1) is 29.7 Å². The lowest BCUT2D eigenvalue weighted by Crippen LogP contribution is -2.23. The third-order valence-electron chi connectivity index (χ3n) is 6.38. The Morgan fingerprint density at radius 3 is 2.67 bits per heavy atom. The van der Waals surface area contributed by atoms with Crippen molar-refractivity contribution in [1.29, 1.82) is 0 Å². The Morgan fingerprint density at radius 2 is 2.00 bits per heavy atom. The molecule has 2 aromatic carbocycles. The summed E-state index contributed by atoms with van der Waals surface area (Å²) >= 11 is 0. The van der Waals surface area contributed by atoms with Crippen LogP contribution >= 0.6 is 0 Å². The molecule has 4 rings (SSSR count). The van der Waals surface area contributed by atoms with Crippen molar-refractivity contribution in [2.24, 2.45) is 11.1 Å². The number of rotatable bonds is 9. The van der Waals surface area contributed by atoms with E-state index >= 15 is 0 Å². The van der Waals surface area contributed by atoms with Crippen LogP contribution < -0.4 is 0 Å². The number of carbonyl (C=O) groups is 1. The number of carboxylic acids is 1. The topological polar surface area (TPSA) is 87.9 Å². The zero-order valence-electron chi connectivity index (χ0n) is 20.2. The number of aryl methyl sites for hydroxylation is 1. The third-order valence-corrected chi connectivity index (χ3v) is 6.38. The molecule has 3 aromatic rings. The molecule has 1 atom stereocenters. The van der Waals surface area contributed by atoms with Crippen LogP contribution in [0.1, 0.15) is 42.5 Å². The minimum Gasteiger partial charge on any atom is -0.481 e. The zero-order valence-corrected chi connectivity index (χ0v) is 20.2. The van der Waals surface area contributed by atoms with Gasteiger partial charge in [0.25, 0.3) is 0 Å². The van der Waals surface area contributed by atoms with Crippen LogP contribution in [0.2, 0.25) is 0 Å². The van der Waals surface area contributed by atoms with Crippen LogP contribution in [0.15, 0.2) is 53.9 Å². The molecule has 1 fully saturated rings. The summed E-state index contributed by atoms with van der Waals surface area (Å²) in [6.45, 7) is 6.12. The summed E-state index contributed by atoms with van der Waals surface area (Å²) in [6, 6.07) is 10.7. The van der Waals surface area contributed by atoms with Crippen molar-refractivity contribution in [3.63, 3.8) is 0 Å². The number of hydrogen-bond donors (Lipinski definition) is 1. The molecule has 0 spiro atoms. The highest BCUT2D eigenvalue weighted by molar-refractivity contribution is 5.98. The molecular weight excluding hydrogens is 466 g/mol. The second-order valence-electron chi connectivity index (χ2n) is 8.88. The molecule has 7 nitrogen and oxygen atoms in total. The van der Waals surface area contributed by atoms with Crippen LogP contribution in [0.3, 0.4) is 0 Å². The van der Waals surface area contributed by atoms with Crippen molar-refractivity contribution in [3.8, 4) is 11.3 Å². The number of carboxylic acid groups (broad SMARTS) is 1. The number of aromatic nitrogens is 2. The van der Waals surface area contributed by atoms with Crippen molar-refractivity contribution in [2.75, 3.05) is 13.1 Å². The lowest BCUT2D eigenvalue weighted by atomic mass is 9.99. The predicted octanol–water partition coefficient (Wildman–Crippen LogP) is 4.83. The fourth-order valence-electron chi connectivity index (χ4n) is 4.32. The van der Waals surface area contributed by atoms with Crippen LogP contribution in [0.5, 0.6) is 0 Å². The standard InChI is InChI=1S/C27H28F2N4O3/c1-3-19-11-20(5-6-21(19)14-33-9-8-22(15-33)27(34)35)17(2)32-36-16-18-4-7-23(24(28)10-18)25-12-31-26(29)13-30-25/h4-7,10-13,22H,3,8-9,14-16H2,1-2H3,(H,34,35). The first-order valence-electron chi connectivity index (χ1n) is 11.8. The second-order valence-corrected chi connectivity index (χ2v) is 8.88. The average molecular weight is 495 g/mol. The van der Waals surface area contributed by atoms with E-state index in [0.29, 0.717) is 24.2 Å². The number of likely N-dealkylation sites (tertiary alicyclic amines) is 1. The molecule has 1 aromatic heterocycles. The van der Waals surface area contributed by atoms with Gasteiger partial charge in [-0.2, -0.15) is 4.39 Å². The van der Waals surface area contributed by atoms with Gasteiger partial charge in [0, 0.05) is 18.7 Å². The first-order chi connectivity index (χ1) is 17.3. The molecule has 0 aliphatic carbocycles. The molecule has 0 amide bonds. The normalized spacial score (nSPS) is 16.3. The van der Waals surface area contributed by atoms with E-state index in [1.165, 1.54) is 23.4 Å². The van der Waals surface area contributed by atoms with E-state index in [0.717, 1.165) is 31.3 Å². The molecule has 1 aliphatic rings. The Bertz CT molecular complexity index is 1260. The molecule has 0 saturated carbocycles. The highest BCUT2D eigenvalue weighted by Crippen LogP contribution is 2.23. The van der Waals surface area contributed by atoms with E-state index in [1.54, 1.807) is 12.1 Å². The number of aliphatic carboxylic acids is 1. The summed E-state index contributed by atoms with van der Waals surface area (Å²) in [5.41, 5.74) is 5.06. The summed E-state index contributed by atoms with van der Waals surface area (Å²) in [5.74, 6) is -2.24. The number of oxime groups is 1.